The summed E-state index contributed by atoms with van der Waals surface area (Å²) in [5, 5.41) is 22.2. The minimum Gasteiger partial charge on any atom is -0.487 e. The lowest BCUT2D eigenvalue weighted by Crippen LogP contribution is -2.69. The number of aliphatic hydroxyl groups is 2. The van der Waals surface area contributed by atoms with Gasteiger partial charge in [0.1, 0.15) is 17.8 Å². The first-order valence-electron chi connectivity index (χ1n) is 8.80. The number of hydrogen-bond acceptors (Lipinski definition) is 6. The fourth-order valence-electron chi connectivity index (χ4n) is 5.45. The third kappa shape index (κ3) is 1.68. The Balaban J connectivity index is 1.92. The Kier molecular flexibility index (Phi) is 3.23. The minimum atomic E-state index is -1.35. The van der Waals surface area contributed by atoms with Crippen LogP contribution in [0.3, 0.4) is 0 Å². The lowest BCUT2D eigenvalue weighted by Gasteiger charge is -2.59. The molecule has 2 heterocycles. The average Bonchev–Trinajstić information content (AvgIpc) is 2.78. The van der Waals surface area contributed by atoms with Gasteiger partial charge in [-0.3, -0.25) is 4.79 Å². The van der Waals surface area contributed by atoms with E-state index in [0.717, 1.165) is 12.8 Å². The average molecular weight is 336 g/mol. The predicted molar refractivity (Wildman–Crippen MR) is 82.6 cm³/mol. The van der Waals surface area contributed by atoms with Crippen LogP contribution in [-0.4, -0.2) is 45.9 Å². The second-order valence-electron chi connectivity index (χ2n) is 8.00. The van der Waals surface area contributed by atoms with Crippen molar-refractivity contribution in [1.82, 2.24) is 0 Å². The molecule has 7 atom stereocenters. The van der Waals surface area contributed by atoms with Crippen molar-refractivity contribution in [2.24, 2.45) is 17.3 Å². The number of ketones is 1. The molecule has 0 spiro atoms. The van der Waals surface area contributed by atoms with Gasteiger partial charge in [0.25, 0.3) is 0 Å². The largest absolute Gasteiger partial charge is 0.487 e. The number of fused-ring (bicyclic) bond motifs is 4. The van der Waals surface area contributed by atoms with Gasteiger partial charge in [-0.25, -0.2) is 4.79 Å². The fourth-order valence-corrected chi connectivity index (χ4v) is 5.45. The summed E-state index contributed by atoms with van der Waals surface area (Å²) in [6.07, 6.45) is 0.333. The molecule has 6 nitrogen and oxygen atoms in total. The maximum atomic E-state index is 13.4. The molecule has 24 heavy (non-hydrogen) atoms. The third-order valence-electron chi connectivity index (χ3n) is 6.99. The van der Waals surface area contributed by atoms with E-state index in [9.17, 15) is 19.8 Å². The van der Waals surface area contributed by atoms with Gasteiger partial charge in [-0.05, 0) is 19.8 Å². The van der Waals surface area contributed by atoms with Gasteiger partial charge in [0.15, 0.2) is 17.6 Å². The summed E-state index contributed by atoms with van der Waals surface area (Å²) < 4.78 is 11.1. The molecule has 4 rings (SSSR count). The van der Waals surface area contributed by atoms with Crippen molar-refractivity contribution in [3.05, 3.63) is 11.3 Å². The zero-order valence-electron chi connectivity index (χ0n) is 14.2. The number of hydrogen-bond donors (Lipinski definition) is 2. The van der Waals surface area contributed by atoms with Crippen LogP contribution >= 0.6 is 0 Å². The van der Waals surface area contributed by atoms with Crippen molar-refractivity contribution in [2.45, 2.75) is 70.4 Å². The second kappa shape index (κ2) is 4.82. The van der Waals surface area contributed by atoms with Gasteiger partial charge in [-0.2, -0.15) is 0 Å². The molecule has 0 saturated heterocycles. The molecule has 0 aromatic heterocycles. The first kappa shape index (κ1) is 16.1. The smallest absolute Gasteiger partial charge is 0.346 e. The lowest BCUT2D eigenvalue weighted by molar-refractivity contribution is -0.249. The first-order chi connectivity index (χ1) is 11.2. The van der Waals surface area contributed by atoms with E-state index >= 15 is 0 Å². The van der Waals surface area contributed by atoms with Crippen LogP contribution in [0.5, 0.6) is 0 Å². The van der Waals surface area contributed by atoms with Gasteiger partial charge < -0.3 is 19.7 Å². The molecule has 6 heteroatoms. The highest BCUT2D eigenvalue weighted by atomic mass is 16.6. The van der Waals surface area contributed by atoms with Crippen LogP contribution in [0, 0.1) is 17.3 Å². The highest BCUT2D eigenvalue weighted by molar-refractivity contribution is 6.21. The standard InChI is InChI=1S/C18H24O6/c1-8-12-15(20)18(22)7-5-4-6-10(18)17(8,3)14(19)11-13(24-12)9(2)23-16(11)21/h8-10,12,15,20,22H,4-7H2,1-3H3/t8-,9+,10+,12+,15-,17-,18+/m1/s1. The van der Waals surface area contributed by atoms with Crippen molar-refractivity contribution in [2.75, 3.05) is 0 Å². The quantitative estimate of drug-likeness (QED) is 0.508. The molecule has 0 unspecified atom stereocenters. The third-order valence-corrected chi connectivity index (χ3v) is 6.99. The van der Waals surface area contributed by atoms with Gasteiger partial charge >= 0.3 is 5.97 Å². The van der Waals surface area contributed by atoms with Crippen molar-refractivity contribution in [1.29, 1.82) is 0 Å². The molecule has 0 aromatic rings. The molecule has 2 N–H and O–H groups in total. The van der Waals surface area contributed by atoms with E-state index in [1.165, 1.54) is 0 Å². The van der Waals surface area contributed by atoms with Gasteiger partial charge in [-0.15, -0.1) is 0 Å². The molecule has 2 bridgehead atoms. The van der Waals surface area contributed by atoms with Crippen LogP contribution in [-0.2, 0) is 19.1 Å². The summed E-state index contributed by atoms with van der Waals surface area (Å²) in [5.41, 5.74) is -2.34. The Morgan fingerprint density at radius 2 is 1.88 bits per heavy atom. The summed E-state index contributed by atoms with van der Waals surface area (Å²) in [6.45, 7) is 5.34. The van der Waals surface area contributed by atoms with Gasteiger partial charge in [0.05, 0.1) is 5.60 Å². The van der Waals surface area contributed by atoms with Crippen LogP contribution in [0.4, 0.5) is 0 Å². The van der Waals surface area contributed by atoms with Crippen molar-refractivity contribution < 1.29 is 29.3 Å². The molecular weight excluding hydrogens is 312 g/mol. The van der Waals surface area contributed by atoms with Crippen molar-refractivity contribution >= 4 is 11.8 Å². The number of cyclic esters (lactones) is 1. The zero-order chi connectivity index (χ0) is 17.4. The second-order valence-corrected chi connectivity index (χ2v) is 8.00. The summed E-state index contributed by atoms with van der Waals surface area (Å²) in [6, 6.07) is 0. The first-order valence-corrected chi connectivity index (χ1v) is 8.80. The van der Waals surface area contributed by atoms with Crippen LogP contribution in [0.15, 0.2) is 11.3 Å². The highest BCUT2D eigenvalue weighted by Gasteiger charge is 2.68. The number of carbonyl (C=O) groups is 2. The summed E-state index contributed by atoms with van der Waals surface area (Å²) in [4.78, 5) is 25.6. The zero-order valence-corrected chi connectivity index (χ0v) is 14.2. The molecular formula is C18H24O6. The molecule has 2 saturated carbocycles. The summed E-state index contributed by atoms with van der Waals surface area (Å²) in [7, 11) is 0. The van der Waals surface area contributed by atoms with Crippen molar-refractivity contribution in [3.8, 4) is 0 Å². The Morgan fingerprint density at radius 3 is 2.58 bits per heavy atom. The molecule has 0 aromatic carbocycles. The maximum absolute atomic E-state index is 13.4. The van der Waals surface area contributed by atoms with E-state index in [0.29, 0.717) is 12.8 Å². The number of carbonyl (C=O) groups excluding carboxylic acids is 2. The topological polar surface area (TPSA) is 93.1 Å². The number of aliphatic hydroxyl groups excluding tert-OH is 1. The van der Waals surface area contributed by atoms with E-state index in [4.69, 9.17) is 9.47 Å². The molecule has 2 fully saturated rings. The highest BCUT2D eigenvalue weighted by Crippen LogP contribution is 2.59. The SMILES string of the molecule is C[C@@H]1OC(=O)C2=C1O[C@@H]1[C@@H](O)[C@]3(O)CCCC[C@H]3[C@](C)(C2=O)[C@@H]1C. The summed E-state index contributed by atoms with van der Waals surface area (Å²) in [5.74, 6) is -1.45. The van der Waals surface area contributed by atoms with Crippen LogP contribution in [0.25, 0.3) is 0 Å². The van der Waals surface area contributed by atoms with E-state index in [1.54, 1.807) is 6.92 Å². The Morgan fingerprint density at radius 1 is 1.17 bits per heavy atom. The van der Waals surface area contributed by atoms with Crippen LogP contribution in [0.2, 0.25) is 0 Å². The normalized spacial score (nSPS) is 50.6. The maximum Gasteiger partial charge on any atom is 0.346 e. The molecule has 0 amide bonds. The van der Waals surface area contributed by atoms with Gasteiger partial charge in [0, 0.05) is 17.3 Å². The van der Waals surface area contributed by atoms with E-state index in [1.807, 2.05) is 13.8 Å². The summed E-state index contributed by atoms with van der Waals surface area (Å²) >= 11 is 0. The number of ether oxygens (including phenoxy) is 2. The predicted octanol–water partition coefficient (Wildman–Crippen LogP) is 1.09. The van der Waals surface area contributed by atoms with Crippen LogP contribution < -0.4 is 0 Å². The number of esters is 1. The lowest BCUT2D eigenvalue weighted by atomic mass is 9.48. The van der Waals surface area contributed by atoms with E-state index in [2.05, 4.69) is 0 Å². The Hall–Kier alpha value is -1.40. The minimum absolute atomic E-state index is 0.0265. The molecule has 4 aliphatic rings. The van der Waals surface area contributed by atoms with Gasteiger partial charge in [0.2, 0.25) is 0 Å². The fraction of sp³-hybridized carbons (Fsp3) is 0.778. The molecule has 132 valence electrons. The van der Waals surface area contributed by atoms with Crippen molar-refractivity contribution in [3.63, 3.8) is 0 Å². The Labute approximate surface area is 140 Å². The van der Waals surface area contributed by atoms with E-state index < -0.39 is 41.2 Å². The van der Waals surface area contributed by atoms with E-state index in [-0.39, 0.29) is 23.0 Å². The monoisotopic (exact) mass is 336 g/mol. The number of rotatable bonds is 0. The molecule has 2 aliphatic heterocycles. The molecule has 0 radical (unpaired) electrons. The number of Topliss-reactive ketones (excluding diaryl/α,β-unsaturated/α-hetero) is 1. The Bertz CT molecular complexity index is 654. The van der Waals surface area contributed by atoms with Gasteiger partial charge in [-0.1, -0.05) is 26.7 Å². The molecule has 2 aliphatic carbocycles. The van der Waals surface area contributed by atoms with Crippen LogP contribution in [0.1, 0.15) is 46.5 Å².